The summed E-state index contributed by atoms with van der Waals surface area (Å²) in [5, 5.41) is 13.0. The molecule has 0 radical (unpaired) electrons. The van der Waals surface area contributed by atoms with Crippen molar-refractivity contribution < 1.29 is 4.42 Å². The molecule has 2 heterocycles. The van der Waals surface area contributed by atoms with Gasteiger partial charge >= 0.3 is 0 Å². The van der Waals surface area contributed by atoms with Gasteiger partial charge < -0.3 is 4.42 Å². The highest BCUT2D eigenvalue weighted by atomic mass is 32.2. The molecule has 27 heavy (non-hydrogen) atoms. The topological polar surface area (TPSA) is 69.6 Å². The molecule has 6 nitrogen and oxygen atoms in total. The van der Waals surface area contributed by atoms with Crippen molar-refractivity contribution >= 4 is 11.8 Å². The van der Waals surface area contributed by atoms with Gasteiger partial charge in [0, 0.05) is 11.3 Å². The Bertz CT molecular complexity index is 1050. The third-order valence-electron chi connectivity index (χ3n) is 4.34. The van der Waals surface area contributed by atoms with Crippen molar-refractivity contribution in [2.75, 3.05) is 0 Å². The monoisotopic (exact) mass is 377 g/mol. The summed E-state index contributed by atoms with van der Waals surface area (Å²) in [6.45, 7) is 6.06. The zero-order valence-electron chi connectivity index (χ0n) is 15.4. The number of para-hydroxylation sites is 1. The summed E-state index contributed by atoms with van der Waals surface area (Å²) in [5.41, 5.74) is 5.15. The summed E-state index contributed by atoms with van der Waals surface area (Å²) < 4.78 is 7.64. The van der Waals surface area contributed by atoms with Crippen LogP contribution in [0.15, 0.2) is 58.1 Å². The number of tetrazole rings is 1. The van der Waals surface area contributed by atoms with Crippen molar-refractivity contribution in [1.82, 2.24) is 25.2 Å². The van der Waals surface area contributed by atoms with E-state index in [1.54, 1.807) is 16.4 Å². The van der Waals surface area contributed by atoms with Crippen molar-refractivity contribution in [1.29, 1.82) is 0 Å². The van der Waals surface area contributed by atoms with Crippen LogP contribution in [0.25, 0.3) is 17.1 Å². The van der Waals surface area contributed by atoms with Crippen molar-refractivity contribution in [2.45, 2.75) is 31.7 Å². The molecule has 0 atom stereocenters. The van der Waals surface area contributed by atoms with E-state index in [0.29, 0.717) is 11.6 Å². The zero-order chi connectivity index (χ0) is 18.8. The number of rotatable bonds is 5. The van der Waals surface area contributed by atoms with E-state index in [9.17, 15) is 0 Å². The van der Waals surface area contributed by atoms with E-state index in [-0.39, 0.29) is 0 Å². The van der Waals surface area contributed by atoms with E-state index in [2.05, 4.69) is 46.5 Å². The molecule has 0 fully saturated rings. The number of nitrogens with zero attached hydrogens (tertiary/aromatic N) is 5. The molecule has 2 aromatic heterocycles. The molecule has 4 aromatic rings. The van der Waals surface area contributed by atoms with Gasteiger partial charge in [-0.15, -0.1) is 5.10 Å². The van der Waals surface area contributed by atoms with Crippen LogP contribution < -0.4 is 0 Å². The minimum absolute atomic E-state index is 0.632. The molecule has 0 saturated carbocycles. The van der Waals surface area contributed by atoms with Gasteiger partial charge in [0.1, 0.15) is 5.76 Å². The molecule has 0 saturated heterocycles. The fraction of sp³-hybridized carbons (Fsp3) is 0.200. The Labute approximate surface area is 161 Å². The molecule has 2 aromatic carbocycles. The standard InChI is InChI=1S/C20H19N5OS/c1-13-8-7-9-14(2)18(13)25-20(22-23-24-25)27-12-17-15(3)26-19(21-17)16-10-5-4-6-11-16/h4-11H,12H2,1-3H3. The van der Waals surface area contributed by atoms with E-state index >= 15 is 0 Å². The molecule has 0 N–H and O–H groups in total. The average Bonchev–Trinajstić information content (AvgIpc) is 3.27. The van der Waals surface area contributed by atoms with Gasteiger partial charge in [-0.25, -0.2) is 4.98 Å². The fourth-order valence-electron chi connectivity index (χ4n) is 2.95. The maximum Gasteiger partial charge on any atom is 0.226 e. The van der Waals surface area contributed by atoms with Crippen LogP contribution in [-0.2, 0) is 5.75 Å². The highest BCUT2D eigenvalue weighted by molar-refractivity contribution is 7.98. The second kappa shape index (κ2) is 7.36. The number of hydrogen-bond donors (Lipinski definition) is 0. The molecule has 0 aliphatic heterocycles. The van der Waals surface area contributed by atoms with Crippen LogP contribution in [0.4, 0.5) is 0 Å². The van der Waals surface area contributed by atoms with Crippen LogP contribution in [0.2, 0.25) is 0 Å². The van der Waals surface area contributed by atoms with Crippen LogP contribution in [0.3, 0.4) is 0 Å². The van der Waals surface area contributed by atoms with Crippen LogP contribution in [0.1, 0.15) is 22.6 Å². The fourth-order valence-corrected chi connectivity index (χ4v) is 3.83. The smallest absolute Gasteiger partial charge is 0.226 e. The second-order valence-electron chi connectivity index (χ2n) is 6.29. The molecule has 0 amide bonds. The lowest BCUT2D eigenvalue weighted by Crippen LogP contribution is -2.04. The third-order valence-corrected chi connectivity index (χ3v) is 5.27. The lowest BCUT2D eigenvalue weighted by molar-refractivity contribution is 0.540. The predicted molar refractivity (Wildman–Crippen MR) is 105 cm³/mol. The lowest BCUT2D eigenvalue weighted by atomic mass is 10.1. The summed E-state index contributed by atoms with van der Waals surface area (Å²) in [4.78, 5) is 4.65. The minimum atomic E-state index is 0.632. The van der Waals surface area contributed by atoms with E-state index in [4.69, 9.17) is 4.42 Å². The van der Waals surface area contributed by atoms with Crippen molar-refractivity contribution in [2.24, 2.45) is 0 Å². The van der Waals surface area contributed by atoms with Crippen LogP contribution >= 0.6 is 11.8 Å². The molecular weight excluding hydrogens is 358 g/mol. The number of aryl methyl sites for hydroxylation is 3. The molecule has 0 aliphatic rings. The maximum absolute atomic E-state index is 5.84. The second-order valence-corrected chi connectivity index (χ2v) is 7.23. The van der Waals surface area contributed by atoms with E-state index in [0.717, 1.165) is 39.0 Å². The van der Waals surface area contributed by atoms with Gasteiger partial charge in [-0.1, -0.05) is 48.2 Å². The Balaban J connectivity index is 1.58. The van der Waals surface area contributed by atoms with Gasteiger partial charge in [0.15, 0.2) is 0 Å². The normalized spacial score (nSPS) is 11.1. The van der Waals surface area contributed by atoms with E-state index in [1.165, 1.54) is 0 Å². The summed E-state index contributed by atoms with van der Waals surface area (Å²) in [7, 11) is 0. The van der Waals surface area contributed by atoms with Gasteiger partial charge in [-0.2, -0.15) is 4.68 Å². The summed E-state index contributed by atoms with van der Waals surface area (Å²) >= 11 is 1.55. The van der Waals surface area contributed by atoms with Crippen molar-refractivity contribution in [3.05, 3.63) is 71.1 Å². The molecule has 0 aliphatic carbocycles. The molecule has 136 valence electrons. The third kappa shape index (κ3) is 3.50. The Hall–Kier alpha value is -2.93. The van der Waals surface area contributed by atoms with Crippen molar-refractivity contribution in [3.63, 3.8) is 0 Å². The first-order valence-electron chi connectivity index (χ1n) is 8.63. The van der Waals surface area contributed by atoms with Gasteiger partial charge in [-0.3, -0.25) is 0 Å². The number of benzene rings is 2. The first-order valence-corrected chi connectivity index (χ1v) is 9.61. The Morgan fingerprint density at radius 3 is 2.44 bits per heavy atom. The molecule has 0 bridgehead atoms. The Morgan fingerprint density at radius 1 is 0.963 bits per heavy atom. The van der Waals surface area contributed by atoms with Crippen molar-refractivity contribution in [3.8, 4) is 17.1 Å². The molecule has 4 rings (SSSR count). The summed E-state index contributed by atoms with van der Waals surface area (Å²) in [6, 6.07) is 16.1. The quantitative estimate of drug-likeness (QED) is 0.476. The Morgan fingerprint density at radius 2 is 1.70 bits per heavy atom. The van der Waals surface area contributed by atoms with Gasteiger partial charge in [0.2, 0.25) is 11.0 Å². The molecule has 0 unspecified atom stereocenters. The van der Waals surface area contributed by atoms with Gasteiger partial charge in [-0.05, 0) is 54.5 Å². The predicted octanol–water partition coefficient (Wildman–Crippen LogP) is 4.53. The van der Waals surface area contributed by atoms with E-state index < -0.39 is 0 Å². The molecule has 7 heteroatoms. The summed E-state index contributed by atoms with van der Waals surface area (Å²) in [6.07, 6.45) is 0. The number of oxazole rings is 1. The minimum Gasteiger partial charge on any atom is -0.441 e. The van der Waals surface area contributed by atoms with E-state index in [1.807, 2.05) is 43.3 Å². The van der Waals surface area contributed by atoms with Gasteiger partial charge in [0.25, 0.3) is 0 Å². The average molecular weight is 377 g/mol. The zero-order valence-corrected chi connectivity index (χ0v) is 16.2. The maximum atomic E-state index is 5.84. The first kappa shape index (κ1) is 17.5. The van der Waals surface area contributed by atoms with Crippen LogP contribution in [0.5, 0.6) is 0 Å². The SMILES string of the molecule is Cc1cccc(C)c1-n1nnnc1SCc1nc(-c2ccccc2)oc1C. The van der Waals surface area contributed by atoms with Crippen LogP contribution in [-0.4, -0.2) is 25.2 Å². The Kier molecular flexibility index (Phi) is 4.77. The highest BCUT2D eigenvalue weighted by Gasteiger charge is 2.16. The first-order chi connectivity index (χ1) is 13.1. The lowest BCUT2D eigenvalue weighted by Gasteiger charge is -2.10. The highest BCUT2D eigenvalue weighted by Crippen LogP contribution is 2.28. The van der Waals surface area contributed by atoms with Crippen LogP contribution in [0, 0.1) is 20.8 Å². The van der Waals surface area contributed by atoms with Gasteiger partial charge in [0.05, 0.1) is 11.4 Å². The molecule has 0 spiro atoms. The number of thioether (sulfide) groups is 1. The largest absolute Gasteiger partial charge is 0.441 e. The number of aromatic nitrogens is 5. The summed E-state index contributed by atoms with van der Waals surface area (Å²) in [5.74, 6) is 2.08. The molecular formula is C20H19N5OS. The number of hydrogen-bond acceptors (Lipinski definition) is 6.